The van der Waals surface area contributed by atoms with Gasteiger partial charge in [0.2, 0.25) is 0 Å². The molecular formula is C8H23+. The molecule has 0 spiro atoms. The highest BCUT2D eigenvalue weighted by molar-refractivity contribution is 3.94. The van der Waals surface area contributed by atoms with Gasteiger partial charge in [-0.05, 0) is 0 Å². The molecule has 0 saturated heterocycles. The highest BCUT2D eigenvalue weighted by Gasteiger charge is 1.07. The van der Waals surface area contributed by atoms with Crippen molar-refractivity contribution in [1.29, 1.82) is 0 Å². The predicted octanol–water partition coefficient (Wildman–Crippen LogP) is 3.92. The maximum Gasteiger partial charge on any atom is 0.0746 e. The van der Waals surface area contributed by atoms with Gasteiger partial charge in [-0.3, -0.25) is 0 Å². The highest BCUT2D eigenvalue weighted by Crippen LogP contribution is 1.15. The third-order valence-electron chi connectivity index (χ3n) is 0. The van der Waals surface area contributed by atoms with Gasteiger partial charge in [0.05, 0.1) is 13.8 Å². The van der Waals surface area contributed by atoms with Crippen LogP contribution in [0.4, 0.5) is 0 Å². The molecule has 0 heteroatoms. The predicted molar refractivity (Wildman–Crippen MR) is 45.1 cm³/mol. The molecule has 0 atom stereocenters. The average Bonchev–Trinajstić information content (AvgIpc) is 2.03. The smallest absolute Gasteiger partial charge is 0.0683 e. The summed E-state index contributed by atoms with van der Waals surface area (Å²) in [6.07, 6.45) is 0. The summed E-state index contributed by atoms with van der Waals surface area (Å²) in [7, 11) is 0. The fraction of sp³-hybridized carbons (Fsp3) is 0.875. The van der Waals surface area contributed by atoms with Crippen LogP contribution in [-0.4, -0.2) is 0 Å². The molecule has 0 rings (SSSR count). The monoisotopic (exact) mass is 119 g/mol. The zero-order valence-electron chi connectivity index (χ0n) is 7.71. The van der Waals surface area contributed by atoms with Gasteiger partial charge in [-0.15, -0.1) is 0 Å². The summed E-state index contributed by atoms with van der Waals surface area (Å²) in [6.45, 7) is 17.0. The van der Waals surface area contributed by atoms with Crippen molar-refractivity contribution >= 4 is 0 Å². The Labute approximate surface area is 56.3 Å². The summed E-state index contributed by atoms with van der Waals surface area (Å²) in [6, 6.07) is 0. The van der Waals surface area contributed by atoms with Crippen LogP contribution in [0.2, 0.25) is 0 Å². The van der Waals surface area contributed by atoms with Crippen LogP contribution < -0.4 is 0 Å². The van der Waals surface area contributed by atoms with Crippen LogP contribution in [-0.2, 0) is 0 Å². The molecule has 0 heterocycles. The number of hydrogen-bond acceptors (Lipinski definition) is 0. The summed E-state index contributed by atoms with van der Waals surface area (Å²) < 4.78 is 0. The first kappa shape index (κ1) is 24.8. The van der Waals surface area contributed by atoms with Gasteiger partial charge in [-0.1, -0.05) is 41.5 Å². The van der Waals surface area contributed by atoms with Gasteiger partial charge in [0.1, 0.15) is 0 Å². The van der Waals surface area contributed by atoms with Crippen molar-refractivity contribution in [3.63, 3.8) is 0 Å². The van der Waals surface area contributed by atoms with Crippen LogP contribution >= 0.6 is 0 Å². The normalized spacial score (nSPS) is 2.88. The van der Waals surface area contributed by atoms with E-state index < -0.39 is 0 Å². The molecule has 0 aliphatic carbocycles. The largest absolute Gasteiger partial charge is 0.0746 e. The molecule has 0 aromatic rings. The third kappa shape index (κ3) is 8240. The van der Waals surface area contributed by atoms with Crippen LogP contribution in [0.1, 0.15) is 48.5 Å². The zero-order valence-corrected chi connectivity index (χ0v) is 7.71. The topological polar surface area (TPSA) is 0 Å². The lowest BCUT2D eigenvalue weighted by molar-refractivity contribution is 1.50. The molecule has 0 aliphatic rings. The molecule has 54 valence electrons. The molecule has 0 radical (unpaired) electrons. The molecular weight excluding hydrogens is 96.1 g/mol. The molecule has 0 aromatic carbocycles. The van der Waals surface area contributed by atoms with Crippen molar-refractivity contribution < 1.29 is 0 Å². The molecule has 0 saturated carbocycles. The molecule has 0 aromatic heterocycles. The van der Waals surface area contributed by atoms with E-state index in [1.165, 1.54) is 0 Å². The third-order valence-corrected chi connectivity index (χ3v) is 0. The Bertz CT molecular complexity index is 0. The molecule has 0 bridgehead atoms. The Kier molecular flexibility index (Phi) is 43400. The zero-order chi connectivity index (χ0) is 8.00. The first-order valence-corrected chi connectivity index (χ1v) is 3.71. The summed E-state index contributed by atoms with van der Waals surface area (Å²) in [5.41, 5.74) is 0. The van der Waals surface area contributed by atoms with E-state index in [2.05, 4.69) is 6.92 Å². The van der Waals surface area contributed by atoms with Crippen molar-refractivity contribution in [2.75, 3.05) is 0 Å². The van der Waals surface area contributed by atoms with E-state index >= 15 is 0 Å². The van der Waals surface area contributed by atoms with Crippen molar-refractivity contribution in [3.05, 3.63) is 6.92 Å². The second-order valence-electron chi connectivity index (χ2n) is 0. The summed E-state index contributed by atoms with van der Waals surface area (Å²) in [5.74, 6) is 0. The lowest BCUT2D eigenvalue weighted by atomic mass is 11.0. The summed E-state index contributed by atoms with van der Waals surface area (Å²) in [5, 5.41) is 0. The Morgan fingerprint density at radius 3 is 0.500 bits per heavy atom. The van der Waals surface area contributed by atoms with Crippen LogP contribution in [0.25, 0.3) is 0 Å². The molecule has 0 amide bonds. The highest BCUT2D eigenvalue weighted by atomic mass is 13.0. The fourth-order valence-corrected chi connectivity index (χ4v) is 0. The Hall–Kier alpha value is -0.130. The molecule has 0 aliphatic heterocycles. The van der Waals surface area contributed by atoms with Crippen LogP contribution in [0, 0.1) is 6.92 Å². The van der Waals surface area contributed by atoms with Crippen molar-refractivity contribution in [2.24, 2.45) is 0 Å². The molecule has 0 N–H and O–H groups in total. The Morgan fingerprint density at radius 2 is 0.500 bits per heavy atom. The average molecular weight is 119 g/mol. The van der Waals surface area contributed by atoms with E-state index in [0.29, 0.717) is 0 Å². The van der Waals surface area contributed by atoms with Gasteiger partial charge in [0.15, 0.2) is 0 Å². The van der Waals surface area contributed by atoms with E-state index in [-0.39, 0.29) is 0 Å². The minimum atomic E-state index is 1.75. The van der Waals surface area contributed by atoms with Gasteiger partial charge in [0.25, 0.3) is 0 Å². The van der Waals surface area contributed by atoms with Crippen molar-refractivity contribution in [2.45, 2.75) is 48.5 Å². The van der Waals surface area contributed by atoms with E-state index in [0.717, 1.165) is 0 Å². The van der Waals surface area contributed by atoms with E-state index in [9.17, 15) is 0 Å². The minimum absolute atomic E-state index is 1.75. The SMILES string of the molecule is CC.CC.CC.[CH2+]C. The van der Waals surface area contributed by atoms with Gasteiger partial charge in [0, 0.05) is 0 Å². The van der Waals surface area contributed by atoms with Crippen LogP contribution in [0.3, 0.4) is 0 Å². The van der Waals surface area contributed by atoms with E-state index in [1.807, 2.05) is 41.5 Å². The minimum Gasteiger partial charge on any atom is -0.0683 e. The van der Waals surface area contributed by atoms with Crippen LogP contribution in [0.5, 0.6) is 0 Å². The fourth-order valence-electron chi connectivity index (χ4n) is 0. The number of rotatable bonds is 0. The molecule has 0 unspecified atom stereocenters. The first-order valence-electron chi connectivity index (χ1n) is 3.71. The lowest BCUT2D eigenvalue weighted by Gasteiger charge is -1.07. The van der Waals surface area contributed by atoms with Crippen molar-refractivity contribution in [3.8, 4) is 0 Å². The summed E-state index contributed by atoms with van der Waals surface area (Å²) >= 11 is 0. The summed E-state index contributed by atoms with van der Waals surface area (Å²) in [4.78, 5) is 0. The Balaban J connectivity index is -0.0000000133. The van der Waals surface area contributed by atoms with Gasteiger partial charge in [-0.2, -0.15) is 0 Å². The second kappa shape index (κ2) is 14000. The maximum atomic E-state index is 3.25. The lowest BCUT2D eigenvalue weighted by Crippen LogP contribution is -0.888. The van der Waals surface area contributed by atoms with Gasteiger partial charge < -0.3 is 0 Å². The molecule has 0 fully saturated rings. The van der Waals surface area contributed by atoms with Crippen molar-refractivity contribution in [1.82, 2.24) is 0 Å². The van der Waals surface area contributed by atoms with Crippen LogP contribution in [0.15, 0.2) is 0 Å². The van der Waals surface area contributed by atoms with E-state index in [4.69, 9.17) is 0 Å². The Morgan fingerprint density at radius 1 is 0.500 bits per heavy atom. The van der Waals surface area contributed by atoms with E-state index in [1.54, 1.807) is 6.92 Å². The quantitative estimate of drug-likeness (QED) is 0.424. The van der Waals surface area contributed by atoms with Gasteiger partial charge >= 0.3 is 0 Å². The standard InChI is InChI=1S/3C2H6.C2H5/c4*1-2/h3*1-2H3;1H2,2H3/q;;;+1. The maximum absolute atomic E-state index is 3.25. The first-order chi connectivity index (χ1) is 4.00. The molecule has 0 nitrogen and oxygen atoms in total. The number of hydrogen-bond donors (Lipinski definition) is 0. The van der Waals surface area contributed by atoms with Gasteiger partial charge in [-0.25, -0.2) is 0 Å². The molecule has 8 heavy (non-hydrogen) atoms. The second-order valence-corrected chi connectivity index (χ2v) is 0.